The van der Waals surface area contributed by atoms with Crippen LogP contribution in [0.25, 0.3) is 0 Å². The summed E-state index contributed by atoms with van der Waals surface area (Å²) in [6.07, 6.45) is 5.62. The van der Waals surface area contributed by atoms with Crippen molar-refractivity contribution in [2.24, 2.45) is 5.73 Å². The normalized spacial score (nSPS) is 22.6. The van der Waals surface area contributed by atoms with Crippen LogP contribution in [0.5, 0.6) is 0 Å². The van der Waals surface area contributed by atoms with Crippen molar-refractivity contribution < 1.29 is 0 Å². The molecule has 0 aliphatic carbocycles. The highest BCUT2D eigenvalue weighted by Gasteiger charge is 2.20. The van der Waals surface area contributed by atoms with Crippen LogP contribution in [-0.4, -0.2) is 55.4 Å². The molecule has 4 nitrogen and oxygen atoms in total. The summed E-state index contributed by atoms with van der Waals surface area (Å²) in [5.41, 5.74) is 5.34. The number of rotatable bonds is 6. The summed E-state index contributed by atoms with van der Waals surface area (Å²) in [5.74, 6) is 0.324. The molecule has 1 saturated heterocycles. The van der Waals surface area contributed by atoms with E-state index in [0.29, 0.717) is 5.84 Å². The maximum absolute atomic E-state index is 7.16. The Morgan fingerprint density at radius 2 is 2.19 bits per heavy atom. The number of likely N-dealkylation sites (N-methyl/N-ethyl adjacent to an activating group) is 1. The molecule has 4 heteroatoms. The number of nitrogens with zero attached hydrogens (tertiary/aromatic N) is 2. The lowest BCUT2D eigenvalue weighted by Crippen LogP contribution is -2.45. The minimum absolute atomic E-state index is 0.324. The highest BCUT2D eigenvalue weighted by Crippen LogP contribution is 2.14. The molecular formula is C12H26N4. The third kappa shape index (κ3) is 4.94. The number of piperidine rings is 1. The first-order valence-electron chi connectivity index (χ1n) is 6.31. The molecule has 0 aromatic carbocycles. The van der Waals surface area contributed by atoms with Gasteiger partial charge in [0.25, 0.3) is 0 Å². The van der Waals surface area contributed by atoms with Crippen molar-refractivity contribution in [3.8, 4) is 0 Å². The third-order valence-electron chi connectivity index (χ3n) is 3.38. The molecule has 94 valence electrons. The van der Waals surface area contributed by atoms with Crippen molar-refractivity contribution in [2.45, 2.75) is 38.1 Å². The molecule has 3 N–H and O–H groups in total. The number of hydrogen-bond donors (Lipinski definition) is 2. The molecule has 0 aromatic rings. The van der Waals surface area contributed by atoms with E-state index in [9.17, 15) is 0 Å². The lowest BCUT2D eigenvalue weighted by atomic mass is 10.0. The van der Waals surface area contributed by atoms with Gasteiger partial charge in [0.15, 0.2) is 0 Å². The van der Waals surface area contributed by atoms with E-state index >= 15 is 0 Å². The van der Waals surface area contributed by atoms with Gasteiger partial charge in [-0.2, -0.15) is 0 Å². The molecule has 1 rings (SSSR count). The standard InChI is InChI=1S/C12H26N4/c1-15(2)11-6-5-9-16(10-11)8-4-3-7-12(13)14/h11H,3-10H2,1-2H3,(H3,13,14). The van der Waals surface area contributed by atoms with Gasteiger partial charge < -0.3 is 15.5 Å². The molecule has 0 radical (unpaired) electrons. The third-order valence-corrected chi connectivity index (χ3v) is 3.38. The molecule has 16 heavy (non-hydrogen) atoms. The number of unbranched alkanes of at least 4 members (excludes halogenated alkanes) is 1. The second-order valence-corrected chi connectivity index (χ2v) is 5.04. The van der Waals surface area contributed by atoms with Crippen LogP contribution in [-0.2, 0) is 0 Å². The van der Waals surface area contributed by atoms with Crippen molar-refractivity contribution >= 4 is 5.84 Å². The summed E-state index contributed by atoms with van der Waals surface area (Å²) in [6.45, 7) is 3.61. The van der Waals surface area contributed by atoms with Gasteiger partial charge in [0, 0.05) is 19.0 Å². The molecule has 0 aromatic heterocycles. The van der Waals surface area contributed by atoms with E-state index in [-0.39, 0.29) is 0 Å². The van der Waals surface area contributed by atoms with Crippen LogP contribution >= 0.6 is 0 Å². The topological polar surface area (TPSA) is 56.4 Å². The molecule has 0 spiro atoms. The predicted octanol–water partition coefficient (Wildman–Crippen LogP) is 1.12. The predicted molar refractivity (Wildman–Crippen MR) is 68.9 cm³/mol. The lowest BCUT2D eigenvalue weighted by Gasteiger charge is -2.36. The Morgan fingerprint density at radius 3 is 2.81 bits per heavy atom. The summed E-state index contributed by atoms with van der Waals surface area (Å²) in [5, 5.41) is 7.16. The fourth-order valence-corrected chi connectivity index (χ4v) is 2.31. The van der Waals surface area contributed by atoms with Gasteiger partial charge in [0.05, 0.1) is 5.84 Å². The van der Waals surface area contributed by atoms with Crippen molar-refractivity contribution in [1.82, 2.24) is 9.80 Å². The zero-order chi connectivity index (χ0) is 12.0. The Hall–Kier alpha value is -0.610. The number of hydrogen-bond acceptors (Lipinski definition) is 3. The van der Waals surface area contributed by atoms with Gasteiger partial charge in [-0.1, -0.05) is 0 Å². The first-order chi connectivity index (χ1) is 7.59. The second-order valence-electron chi connectivity index (χ2n) is 5.04. The number of likely N-dealkylation sites (tertiary alicyclic amines) is 1. The monoisotopic (exact) mass is 226 g/mol. The highest BCUT2D eigenvalue weighted by atomic mass is 15.2. The average Bonchev–Trinajstić information content (AvgIpc) is 2.24. The quantitative estimate of drug-likeness (QED) is 0.405. The van der Waals surface area contributed by atoms with Crippen molar-refractivity contribution in [1.29, 1.82) is 5.41 Å². The first kappa shape index (κ1) is 13.5. The van der Waals surface area contributed by atoms with E-state index in [4.69, 9.17) is 11.1 Å². The zero-order valence-electron chi connectivity index (χ0n) is 10.7. The van der Waals surface area contributed by atoms with E-state index in [1.165, 1.54) is 32.4 Å². The van der Waals surface area contributed by atoms with Gasteiger partial charge in [0.1, 0.15) is 0 Å². The van der Waals surface area contributed by atoms with Gasteiger partial charge in [-0.3, -0.25) is 5.41 Å². The maximum atomic E-state index is 7.16. The Bertz CT molecular complexity index is 215. The van der Waals surface area contributed by atoms with Crippen molar-refractivity contribution in [3.63, 3.8) is 0 Å². The minimum atomic E-state index is 0.324. The van der Waals surface area contributed by atoms with Crippen LogP contribution in [0.2, 0.25) is 0 Å². The summed E-state index contributed by atoms with van der Waals surface area (Å²) in [6, 6.07) is 0.724. The molecule has 0 amide bonds. The molecular weight excluding hydrogens is 200 g/mol. The summed E-state index contributed by atoms with van der Waals surface area (Å²) >= 11 is 0. The number of nitrogens with two attached hydrogens (primary N) is 1. The fourth-order valence-electron chi connectivity index (χ4n) is 2.31. The van der Waals surface area contributed by atoms with Gasteiger partial charge in [0.2, 0.25) is 0 Å². The summed E-state index contributed by atoms with van der Waals surface area (Å²) < 4.78 is 0. The van der Waals surface area contributed by atoms with Gasteiger partial charge in [-0.25, -0.2) is 0 Å². The number of nitrogens with one attached hydrogen (secondary N) is 1. The van der Waals surface area contributed by atoms with E-state index in [0.717, 1.165) is 25.4 Å². The van der Waals surface area contributed by atoms with E-state index in [1.54, 1.807) is 0 Å². The highest BCUT2D eigenvalue weighted by molar-refractivity contribution is 5.76. The molecule has 1 aliphatic rings. The smallest absolute Gasteiger partial charge is 0.0905 e. The molecule has 1 fully saturated rings. The largest absolute Gasteiger partial charge is 0.388 e. The molecule has 0 bridgehead atoms. The van der Waals surface area contributed by atoms with Gasteiger partial charge in [-0.05, 0) is 52.9 Å². The first-order valence-corrected chi connectivity index (χ1v) is 6.31. The lowest BCUT2D eigenvalue weighted by molar-refractivity contribution is 0.132. The summed E-state index contributed by atoms with van der Waals surface area (Å²) in [4.78, 5) is 4.88. The van der Waals surface area contributed by atoms with E-state index in [1.807, 2.05) is 0 Å². The Labute approximate surface area is 99.3 Å². The van der Waals surface area contributed by atoms with Crippen LogP contribution < -0.4 is 5.73 Å². The molecule has 1 heterocycles. The van der Waals surface area contributed by atoms with Crippen LogP contribution in [0.15, 0.2) is 0 Å². The Morgan fingerprint density at radius 1 is 1.44 bits per heavy atom. The van der Waals surface area contributed by atoms with Gasteiger partial charge >= 0.3 is 0 Å². The van der Waals surface area contributed by atoms with Crippen LogP contribution in [0.4, 0.5) is 0 Å². The van der Waals surface area contributed by atoms with Crippen LogP contribution in [0.1, 0.15) is 32.1 Å². The van der Waals surface area contributed by atoms with Crippen molar-refractivity contribution in [3.05, 3.63) is 0 Å². The van der Waals surface area contributed by atoms with Crippen LogP contribution in [0, 0.1) is 5.41 Å². The van der Waals surface area contributed by atoms with Crippen LogP contribution in [0.3, 0.4) is 0 Å². The SMILES string of the molecule is CN(C)C1CCCN(CCCCC(=N)N)C1. The van der Waals surface area contributed by atoms with E-state index < -0.39 is 0 Å². The summed E-state index contributed by atoms with van der Waals surface area (Å²) in [7, 11) is 4.34. The molecule has 1 unspecified atom stereocenters. The second kappa shape index (κ2) is 6.86. The molecule has 1 aliphatic heterocycles. The molecule has 0 saturated carbocycles. The minimum Gasteiger partial charge on any atom is -0.388 e. The average molecular weight is 226 g/mol. The van der Waals surface area contributed by atoms with Gasteiger partial charge in [-0.15, -0.1) is 0 Å². The van der Waals surface area contributed by atoms with Crippen molar-refractivity contribution in [2.75, 3.05) is 33.7 Å². The fraction of sp³-hybridized carbons (Fsp3) is 0.917. The Balaban J connectivity index is 2.14. The molecule has 1 atom stereocenters. The Kier molecular flexibility index (Phi) is 5.77. The zero-order valence-corrected chi connectivity index (χ0v) is 10.7. The van der Waals surface area contributed by atoms with E-state index in [2.05, 4.69) is 23.9 Å². The maximum Gasteiger partial charge on any atom is 0.0905 e. The number of amidine groups is 1.